The molecule has 0 aromatic carbocycles. The number of nitrogens with zero attached hydrogens (tertiary/aromatic N) is 3. The minimum absolute atomic E-state index is 0.852. The van der Waals surface area contributed by atoms with Crippen molar-refractivity contribution in [2.75, 3.05) is 26.3 Å². The molecule has 0 atom stereocenters. The van der Waals surface area contributed by atoms with Gasteiger partial charge < -0.3 is 4.74 Å². The molecule has 0 N–H and O–H groups in total. The molecule has 1 aliphatic heterocycles. The fourth-order valence-corrected chi connectivity index (χ4v) is 3.36. The molecule has 0 spiro atoms. The van der Waals surface area contributed by atoms with Gasteiger partial charge in [-0.2, -0.15) is 0 Å². The van der Waals surface area contributed by atoms with Gasteiger partial charge in [0.15, 0.2) is 5.13 Å². The first-order chi connectivity index (χ1) is 9.25. The van der Waals surface area contributed by atoms with E-state index in [2.05, 4.69) is 34.4 Å². The molecule has 0 unspecified atom stereocenters. The second kappa shape index (κ2) is 5.45. The summed E-state index contributed by atoms with van der Waals surface area (Å²) in [6.07, 6.45) is 1.86. The molecule has 19 heavy (non-hydrogen) atoms. The number of aryl methyl sites for hydroxylation is 1. The van der Waals surface area contributed by atoms with Gasteiger partial charge in [0.05, 0.1) is 13.2 Å². The van der Waals surface area contributed by atoms with Crippen molar-refractivity contribution in [2.45, 2.75) is 20.4 Å². The molecular weight excluding hydrogens is 258 g/mol. The second-order valence-corrected chi connectivity index (χ2v) is 5.81. The highest BCUT2D eigenvalue weighted by atomic mass is 32.1. The average Bonchev–Trinajstić information content (AvgIpc) is 3.01. The van der Waals surface area contributed by atoms with E-state index in [9.17, 15) is 0 Å². The molecule has 0 radical (unpaired) electrons. The smallest absolute Gasteiger partial charge is 0.193 e. The summed E-state index contributed by atoms with van der Waals surface area (Å²) in [5.74, 6) is 0. The molecule has 2 aromatic rings. The van der Waals surface area contributed by atoms with Gasteiger partial charge in [-0.3, -0.25) is 9.47 Å². The topological polar surface area (TPSA) is 30.3 Å². The first-order valence-corrected chi connectivity index (χ1v) is 7.51. The van der Waals surface area contributed by atoms with E-state index in [1.54, 1.807) is 11.3 Å². The van der Waals surface area contributed by atoms with Crippen LogP contribution in [0.1, 0.15) is 17.0 Å². The molecule has 0 saturated carbocycles. The minimum atomic E-state index is 0.852. The van der Waals surface area contributed by atoms with E-state index in [-0.39, 0.29) is 0 Å². The van der Waals surface area contributed by atoms with Crippen LogP contribution >= 0.6 is 11.3 Å². The van der Waals surface area contributed by atoms with Gasteiger partial charge in [0, 0.05) is 42.6 Å². The predicted octanol–water partition coefficient (Wildman–Crippen LogP) is 2.38. The first-order valence-electron chi connectivity index (χ1n) is 6.63. The summed E-state index contributed by atoms with van der Waals surface area (Å²) in [4.78, 5) is 6.87. The van der Waals surface area contributed by atoms with E-state index in [0.717, 1.165) is 38.0 Å². The summed E-state index contributed by atoms with van der Waals surface area (Å²) in [6, 6.07) is 2.28. The molecule has 3 heterocycles. The summed E-state index contributed by atoms with van der Waals surface area (Å²) in [6.45, 7) is 9.11. The lowest BCUT2D eigenvalue weighted by molar-refractivity contribution is 0.0341. The van der Waals surface area contributed by atoms with Crippen LogP contribution in [0.15, 0.2) is 17.6 Å². The summed E-state index contributed by atoms with van der Waals surface area (Å²) in [5, 5.41) is 3.08. The van der Waals surface area contributed by atoms with E-state index < -0.39 is 0 Å². The van der Waals surface area contributed by atoms with Crippen LogP contribution in [0.5, 0.6) is 0 Å². The van der Waals surface area contributed by atoms with Crippen LogP contribution in [0.4, 0.5) is 0 Å². The Labute approximate surface area is 117 Å². The Morgan fingerprint density at radius 2 is 2.11 bits per heavy atom. The fraction of sp³-hybridized carbons (Fsp3) is 0.500. The van der Waals surface area contributed by atoms with Gasteiger partial charge in [0.1, 0.15) is 0 Å². The SMILES string of the molecule is Cc1cc(CN2CCOCC2)c(C)n1-c1nccs1. The van der Waals surface area contributed by atoms with Crippen molar-refractivity contribution in [2.24, 2.45) is 0 Å². The molecular formula is C14H19N3OS. The fourth-order valence-electron chi connectivity index (χ4n) is 2.61. The lowest BCUT2D eigenvalue weighted by atomic mass is 10.2. The zero-order valence-corrected chi connectivity index (χ0v) is 12.2. The lowest BCUT2D eigenvalue weighted by Gasteiger charge is -2.26. The monoisotopic (exact) mass is 277 g/mol. The van der Waals surface area contributed by atoms with Crippen molar-refractivity contribution >= 4 is 11.3 Å². The highest BCUT2D eigenvalue weighted by Crippen LogP contribution is 2.23. The molecule has 0 amide bonds. The Kier molecular flexibility index (Phi) is 3.68. The average molecular weight is 277 g/mol. The normalized spacial score (nSPS) is 16.9. The van der Waals surface area contributed by atoms with E-state index in [0.29, 0.717) is 0 Å². The van der Waals surface area contributed by atoms with Crippen LogP contribution in [0.25, 0.3) is 5.13 Å². The maximum absolute atomic E-state index is 5.40. The number of thiazole rings is 1. The largest absolute Gasteiger partial charge is 0.379 e. The van der Waals surface area contributed by atoms with Gasteiger partial charge >= 0.3 is 0 Å². The predicted molar refractivity (Wildman–Crippen MR) is 77.0 cm³/mol. The zero-order valence-electron chi connectivity index (χ0n) is 11.4. The number of hydrogen-bond donors (Lipinski definition) is 0. The van der Waals surface area contributed by atoms with Crippen molar-refractivity contribution < 1.29 is 4.74 Å². The van der Waals surface area contributed by atoms with Gasteiger partial charge in [-0.05, 0) is 25.5 Å². The molecule has 1 aliphatic rings. The Morgan fingerprint density at radius 3 is 2.79 bits per heavy atom. The van der Waals surface area contributed by atoms with Crippen LogP contribution in [-0.4, -0.2) is 40.8 Å². The molecule has 1 saturated heterocycles. The Balaban J connectivity index is 1.85. The van der Waals surface area contributed by atoms with E-state index in [4.69, 9.17) is 4.74 Å². The third-order valence-electron chi connectivity index (χ3n) is 3.64. The Hall–Kier alpha value is -1.17. The Bertz CT molecular complexity index is 541. The number of ether oxygens (including phenoxy) is 1. The van der Waals surface area contributed by atoms with Crippen LogP contribution < -0.4 is 0 Å². The van der Waals surface area contributed by atoms with Gasteiger partial charge in [-0.1, -0.05) is 0 Å². The van der Waals surface area contributed by atoms with Crippen LogP contribution in [-0.2, 0) is 11.3 Å². The number of rotatable bonds is 3. The lowest BCUT2D eigenvalue weighted by Crippen LogP contribution is -2.35. The van der Waals surface area contributed by atoms with Gasteiger partial charge in [0.25, 0.3) is 0 Å². The minimum Gasteiger partial charge on any atom is -0.379 e. The van der Waals surface area contributed by atoms with Gasteiger partial charge in [0.2, 0.25) is 0 Å². The quantitative estimate of drug-likeness (QED) is 0.863. The molecule has 2 aromatic heterocycles. The third kappa shape index (κ3) is 2.59. The van der Waals surface area contributed by atoms with E-state index in [1.165, 1.54) is 17.0 Å². The van der Waals surface area contributed by atoms with E-state index in [1.807, 2.05) is 11.6 Å². The third-order valence-corrected chi connectivity index (χ3v) is 4.40. The van der Waals surface area contributed by atoms with E-state index >= 15 is 0 Å². The summed E-state index contributed by atoms with van der Waals surface area (Å²) < 4.78 is 7.65. The van der Waals surface area contributed by atoms with Crippen molar-refractivity contribution in [3.05, 3.63) is 34.6 Å². The van der Waals surface area contributed by atoms with Crippen LogP contribution in [0.2, 0.25) is 0 Å². The maximum Gasteiger partial charge on any atom is 0.193 e. The highest BCUT2D eigenvalue weighted by Gasteiger charge is 2.16. The molecule has 1 fully saturated rings. The maximum atomic E-state index is 5.40. The van der Waals surface area contributed by atoms with Gasteiger partial charge in [-0.25, -0.2) is 4.98 Å². The van der Waals surface area contributed by atoms with Crippen molar-refractivity contribution in [1.29, 1.82) is 0 Å². The van der Waals surface area contributed by atoms with Crippen molar-refractivity contribution in [3.63, 3.8) is 0 Å². The Morgan fingerprint density at radius 1 is 1.32 bits per heavy atom. The summed E-state index contributed by atoms with van der Waals surface area (Å²) in [7, 11) is 0. The number of hydrogen-bond acceptors (Lipinski definition) is 4. The molecule has 3 rings (SSSR count). The molecule has 4 nitrogen and oxygen atoms in total. The van der Waals surface area contributed by atoms with Crippen LogP contribution in [0.3, 0.4) is 0 Å². The number of aromatic nitrogens is 2. The number of morpholine rings is 1. The first kappa shape index (κ1) is 12.8. The standard InChI is InChI=1S/C14H19N3OS/c1-11-9-13(10-16-4-6-18-7-5-16)12(2)17(11)14-15-3-8-19-14/h3,8-9H,4-7,10H2,1-2H3. The summed E-state index contributed by atoms with van der Waals surface area (Å²) >= 11 is 1.68. The van der Waals surface area contributed by atoms with Gasteiger partial charge in [-0.15, -0.1) is 11.3 Å². The zero-order chi connectivity index (χ0) is 13.2. The van der Waals surface area contributed by atoms with Crippen molar-refractivity contribution in [1.82, 2.24) is 14.5 Å². The molecule has 0 bridgehead atoms. The highest BCUT2D eigenvalue weighted by molar-refractivity contribution is 7.12. The van der Waals surface area contributed by atoms with Crippen LogP contribution in [0, 0.1) is 13.8 Å². The second-order valence-electron chi connectivity index (χ2n) is 4.93. The summed E-state index contributed by atoms with van der Waals surface area (Å²) in [5.41, 5.74) is 3.96. The molecule has 5 heteroatoms. The van der Waals surface area contributed by atoms with Crippen molar-refractivity contribution in [3.8, 4) is 5.13 Å². The molecule has 102 valence electrons. The molecule has 0 aliphatic carbocycles.